The molecule has 0 spiro atoms. The van der Waals surface area contributed by atoms with Crippen molar-refractivity contribution in [2.45, 2.75) is 6.18 Å². The van der Waals surface area contributed by atoms with Gasteiger partial charge in [0, 0.05) is 11.6 Å². The number of halogens is 3. The third kappa shape index (κ3) is 4.22. The molecular weight excluding hydrogens is 329 g/mol. The Kier molecular flexibility index (Phi) is 5.02. The molecule has 0 bridgehead atoms. The summed E-state index contributed by atoms with van der Waals surface area (Å²) in [4.78, 5) is 14.9. The van der Waals surface area contributed by atoms with Crippen LogP contribution in [0.25, 0.3) is 0 Å². The monoisotopic (exact) mass is 340 g/mol. The van der Waals surface area contributed by atoms with E-state index in [1.807, 2.05) is 0 Å². The lowest BCUT2D eigenvalue weighted by Crippen LogP contribution is -2.04. The summed E-state index contributed by atoms with van der Waals surface area (Å²) in [6, 6.07) is 7.98. The molecule has 0 aliphatic carbocycles. The quantitative estimate of drug-likeness (QED) is 0.460. The molecule has 0 saturated carbocycles. The molecule has 0 unspecified atom stereocenters. The Bertz CT molecular complexity index is 776. The van der Waals surface area contributed by atoms with Crippen LogP contribution in [0.3, 0.4) is 0 Å². The number of nitro benzene ring substituents is 1. The standard InChI is InChI=1S/C15H11F3N2O4/c1-23-19-9-10-5-6-14(13(7-10)20(21)22)24-12-4-2-3-11(8-12)15(16,17)18/h2-9H,1H3/b19-9+. The van der Waals surface area contributed by atoms with Gasteiger partial charge in [-0.1, -0.05) is 11.2 Å². The third-order valence-corrected chi connectivity index (χ3v) is 2.88. The highest BCUT2D eigenvalue weighted by Crippen LogP contribution is 2.35. The maximum absolute atomic E-state index is 12.7. The first-order valence-corrected chi connectivity index (χ1v) is 6.51. The van der Waals surface area contributed by atoms with Crippen LogP contribution in [-0.4, -0.2) is 18.2 Å². The first-order valence-electron chi connectivity index (χ1n) is 6.51. The van der Waals surface area contributed by atoms with Gasteiger partial charge >= 0.3 is 11.9 Å². The minimum atomic E-state index is -4.54. The van der Waals surface area contributed by atoms with E-state index in [1.165, 1.54) is 37.6 Å². The van der Waals surface area contributed by atoms with Crippen molar-refractivity contribution in [2.75, 3.05) is 7.11 Å². The minimum absolute atomic E-state index is 0.161. The number of rotatable bonds is 5. The van der Waals surface area contributed by atoms with Crippen LogP contribution in [0.5, 0.6) is 11.5 Å². The van der Waals surface area contributed by atoms with E-state index in [-0.39, 0.29) is 11.5 Å². The normalized spacial score (nSPS) is 11.5. The molecule has 0 N–H and O–H groups in total. The van der Waals surface area contributed by atoms with Crippen molar-refractivity contribution >= 4 is 11.9 Å². The van der Waals surface area contributed by atoms with Crippen molar-refractivity contribution in [3.8, 4) is 11.5 Å². The molecule has 0 atom stereocenters. The van der Waals surface area contributed by atoms with Gasteiger partial charge in [-0.3, -0.25) is 10.1 Å². The molecule has 2 aromatic carbocycles. The maximum Gasteiger partial charge on any atom is 0.416 e. The lowest BCUT2D eigenvalue weighted by molar-refractivity contribution is -0.385. The lowest BCUT2D eigenvalue weighted by Gasteiger charge is -2.10. The van der Waals surface area contributed by atoms with Gasteiger partial charge in [0.15, 0.2) is 0 Å². The van der Waals surface area contributed by atoms with Crippen molar-refractivity contribution in [3.63, 3.8) is 0 Å². The summed E-state index contributed by atoms with van der Waals surface area (Å²) in [6.45, 7) is 0. The maximum atomic E-state index is 12.7. The number of nitro groups is 1. The number of oxime groups is 1. The molecule has 24 heavy (non-hydrogen) atoms. The molecule has 6 nitrogen and oxygen atoms in total. The second-order valence-electron chi connectivity index (χ2n) is 4.53. The van der Waals surface area contributed by atoms with Crippen LogP contribution < -0.4 is 4.74 Å². The lowest BCUT2D eigenvalue weighted by atomic mass is 10.2. The summed E-state index contributed by atoms with van der Waals surface area (Å²) in [5.74, 6) is -0.347. The molecule has 2 rings (SSSR count). The van der Waals surface area contributed by atoms with E-state index in [0.29, 0.717) is 5.56 Å². The summed E-state index contributed by atoms with van der Waals surface area (Å²) in [5, 5.41) is 14.6. The van der Waals surface area contributed by atoms with E-state index >= 15 is 0 Å². The first-order chi connectivity index (χ1) is 11.3. The molecule has 0 saturated heterocycles. The van der Waals surface area contributed by atoms with Gasteiger partial charge in [-0.05, 0) is 30.3 Å². The van der Waals surface area contributed by atoms with E-state index in [4.69, 9.17) is 4.74 Å². The van der Waals surface area contributed by atoms with Crippen LogP contribution >= 0.6 is 0 Å². The summed E-state index contributed by atoms with van der Waals surface area (Å²) in [5.41, 5.74) is -0.945. The zero-order valence-electron chi connectivity index (χ0n) is 12.3. The predicted octanol–water partition coefficient (Wildman–Crippen LogP) is 4.39. The summed E-state index contributed by atoms with van der Waals surface area (Å²) >= 11 is 0. The highest BCUT2D eigenvalue weighted by atomic mass is 19.4. The minimum Gasteiger partial charge on any atom is -0.450 e. The van der Waals surface area contributed by atoms with Crippen molar-refractivity contribution < 1.29 is 27.7 Å². The van der Waals surface area contributed by atoms with E-state index in [9.17, 15) is 23.3 Å². The molecule has 0 amide bonds. The van der Waals surface area contributed by atoms with Crippen LogP contribution in [0.1, 0.15) is 11.1 Å². The third-order valence-electron chi connectivity index (χ3n) is 2.88. The molecule has 0 fully saturated rings. The summed E-state index contributed by atoms with van der Waals surface area (Å²) < 4.78 is 43.3. The highest BCUT2D eigenvalue weighted by molar-refractivity contribution is 5.81. The van der Waals surface area contributed by atoms with Crippen molar-refractivity contribution in [1.82, 2.24) is 0 Å². The molecule has 9 heteroatoms. The smallest absolute Gasteiger partial charge is 0.416 e. The van der Waals surface area contributed by atoms with E-state index in [1.54, 1.807) is 0 Å². The Labute approximate surface area is 134 Å². The van der Waals surface area contributed by atoms with E-state index in [0.717, 1.165) is 18.2 Å². The molecule has 0 aromatic heterocycles. The Morgan fingerprint density at radius 3 is 2.58 bits per heavy atom. The molecule has 0 heterocycles. The topological polar surface area (TPSA) is 74.0 Å². The fourth-order valence-electron chi connectivity index (χ4n) is 1.82. The molecule has 126 valence electrons. The first kappa shape index (κ1) is 17.3. The fourth-order valence-corrected chi connectivity index (χ4v) is 1.82. The number of ether oxygens (including phenoxy) is 1. The Morgan fingerprint density at radius 1 is 1.21 bits per heavy atom. The summed E-state index contributed by atoms with van der Waals surface area (Å²) in [6.07, 6.45) is -3.28. The number of alkyl halides is 3. The van der Waals surface area contributed by atoms with Crippen molar-refractivity contribution in [2.24, 2.45) is 5.16 Å². The zero-order chi connectivity index (χ0) is 17.7. The highest BCUT2D eigenvalue weighted by Gasteiger charge is 2.30. The van der Waals surface area contributed by atoms with Gasteiger partial charge in [0.2, 0.25) is 5.75 Å². The van der Waals surface area contributed by atoms with Crippen LogP contribution in [0, 0.1) is 10.1 Å². The van der Waals surface area contributed by atoms with Crippen LogP contribution in [0.15, 0.2) is 47.6 Å². The fraction of sp³-hybridized carbons (Fsp3) is 0.133. The number of hydrogen-bond donors (Lipinski definition) is 0. The van der Waals surface area contributed by atoms with E-state index < -0.39 is 22.4 Å². The van der Waals surface area contributed by atoms with Gasteiger partial charge < -0.3 is 9.57 Å². The van der Waals surface area contributed by atoms with Gasteiger partial charge in [0.05, 0.1) is 16.7 Å². The second kappa shape index (κ2) is 6.99. The average Bonchev–Trinajstić information content (AvgIpc) is 2.53. The number of hydrogen-bond acceptors (Lipinski definition) is 5. The molecule has 0 radical (unpaired) electrons. The largest absolute Gasteiger partial charge is 0.450 e. The molecule has 0 aliphatic rings. The van der Waals surface area contributed by atoms with Gasteiger partial charge in [0.1, 0.15) is 12.9 Å². The number of nitrogens with zero attached hydrogens (tertiary/aromatic N) is 2. The Morgan fingerprint density at radius 2 is 1.96 bits per heavy atom. The van der Waals surface area contributed by atoms with E-state index in [2.05, 4.69) is 9.99 Å². The van der Waals surface area contributed by atoms with Crippen molar-refractivity contribution in [3.05, 3.63) is 63.7 Å². The van der Waals surface area contributed by atoms with Gasteiger partial charge in [0.25, 0.3) is 0 Å². The van der Waals surface area contributed by atoms with Gasteiger partial charge in [-0.15, -0.1) is 0 Å². The van der Waals surface area contributed by atoms with Gasteiger partial charge in [-0.25, -0.2) is 0 Å². The average molecular weight is 340 g/mol. The Hall–Kier alpha value is -3.10. The second-order valence-corrected chi connectivity index (χ2v) is 4.53. The van der Waals surface area contributed by atoms with Crippen LogP contribution in [0.2, 0.25) is 0 Å². The zero-order valence-corrected chi connectivity index (χ0v) is 12.3. The van der Waals surface area contributed by atoms with Crippen LogP contribution in [0.4, 0.5) is 18.9 Å². The van der Waals surface area contributed by atoms with Gasteiger partial charge in [-0.2, -0.15) is 13.2 Å². The number of benzene rings is 2. The predicted molar refractivity (Wildman–Crippen MR) is 79.2 cm³/mol. The molecule has 0 aliphatic heterocycles. The summed E-state index contributed by atoms with van der Waals surface area (Å²) in [7, 11) is 1.32. The molecular formula is C15H11F3N2O4. The SMILES string of the molecule is CO/N=C/c1ccc(Oc2cccc(C(F)(F)F)c2)c([N+](=O)[O-])c1. The molecule has 2 aromatic rings. The van der Waals surface area contributed by atoms with Crippen LogP contribution in [-0.2, 0) is 11.0 Å². The van der Waals surface area contributed by atoms with Crippen molar-refractivity contribution in [1.29, 1.82) is 0 Å². The Balaban J connectivity index is 2.36.